The lowest BCUT2D eigenvalue weighted by atomic mass is 9.81. The molecule has 0 spiro atoms. The number of methoxy groups -OCH3 is 1. The average Bonchev–Trinajstić information content (AvgIpc) is 2.68. The van der Waals surface area contributed by atoms with E-state index in [0.717, 1.165) is 32.1 Å². The number of nitrogens with zero attached hydrogens (tertiary/aromatic N) is 1. The highest BCUT2D eigenvalue weighted by atomic mass is 35.5. The van der Waals surface area contributed by atoms with Gasteiger partial charge in [0.1, 0.15) is 5.75 Å². The second-order valence-corrected chi connectivity index (χ2v) is 7.47. The first kappa shape index (κ1) is 21.5. The summed E-state index contributed by atoms with van der Waals surface area (Å²) in [6.45, 7) is 1.20. The largest absolute Gasteiger partial charge is 0.495 e. The summed E-state index contributed by atoms with van der Waals surface area (Å²) in [7, 11) is 1.59. The van der Waals surface area contributed by atoms with Crippen molar-refractivity contribution in [2.75, 3.05) is 25.5 Å². The van der Waals surface area contributed by atoms with Crippen molar-refractivity contribution in [2.24, 2.45) is 11.7 Å². The van der Waals surface area contributed by atoms with E-state index in [-0.39, 0.29) is 30.1 Å². The van der Waals surface area contributed by atoms with Crippen molar-refractivity contribution in [3.63, 3.8) is 0 Å². The van der Waals surface area contributed by atoms with E-state index in [1.165, 1.54) is 0 Å². The lowest BCUT2D eigenvalue weighted by molar-refractivity contribution is -0.140. The Labute approximate surface area is 167 Å². The zero-order valence-corrected chi connectivity index (χ0v) is 16.7. The topological polar surface area (TPSA) is 84.7 Å². The van der Waals surface area contributed by atoms with Crippen LogP contribution in [0.1, 0.15) is 44.9 Å². The minimum Gasteiger partial charge on any atom is -0.495 e. The number of carbonyl (C=O) groups is 2. The summed E-state index contributed by atoms with van der Waals surface area (Å²) in [6.07, 6.45) is 6.11. The smallest absolute Gasteiger partial charge is 0.242 e. The maximum atomic E-state index is 12.8. The molecule has 0 unspecified atom stereocenters. The van der Waals surface area contributed by atoms with Gasteiger partial charge >= 0.3 is 0 Å². The van der Waals surface area contributed by atoms with Crippen LogP contribution in [-0.4, -0.2) is 42.5 Å². The van der Waals surface area contributed by atoms with Crippen LogP contribution in [-0.2, 0) is 9.59 Å². The van der Waals surface area contributed by atoms with Crippen LogP contribution >= 0.6 is 12.4 Å². The number of hydrogen-bond acceptors (Lipinski definition) is 4. The Bertz CT molecular complexity index is 654. The zero-order chi connectivity index (χ0) is 18.6. The molecule has 1 saturated carbocycles. The third-order valence-electron chi connectivity index (χ3n) is 5.69. The number of nitrogens with one attached hydrogen (secondary N) is 1. The fraction of sp³-hybridized carbons (Fsp3) is 0.600. The molecule has 2 fully saturated rings. The van der Waals surface area contributed by atoms with E-state index in [1.807, 2.05) is 29.2 Å². The number of hydrogen-bond donors (Lipinski definition) is 2. The minimum absolute atomic E-state index is 0. The van der Waals surface area contributed by atoms with Gasteiger partial charge in [-0.3, -0.25) is 9.59 Å². The van der Waals surface area contributed by atoms with Crippen LogP contribution in [0.5, 0.6) is 5.75 Å². The number of anilines is 1. The average molecular weight is 396 g/mol. The summed E-state index contributed by atoms with van der Waals surface area (Å²) in [4.78, 5) is 27.3. The summed E-state index contributed by atoms with van der Waals surface area (Å²) in [5.74, 6) is 0.613. The Morgan fingerprint density at radius 3 is 2.41 bits per heavy atom. The Morgan fingerprint density at radius 1 is 1.15 bits per heavy atom. The molecule has 1 aliphatic heterocycles. The quantitative estimate of drug-likeness (QED) is 0.820. The van der Waals surface area contributed by atoms with E-state index in [0.29, 0.717) is 37.4 Å². The predicted molar refractivity (Wildman–Crippen MR) is 108 cm³/mol. The lowest BCUT2D eigenvalue weighted by Gasteiger charge is -2.39. The minimum atomic E-state index is -0.690. The monoisotopic (exact) mass is 395 g/mol. The number of nitrogens with two attached hydrogens (primary N) is 1. The van der Waals surface area contributed by atoms with Crippen molar-refractivity contribution in [3.8, 4) is 5.75 Å². The van der Waals surface area contributed by atoms with E-state index in [2.05, 4.69) is 5.32 Å². The third kappa shape index (κ3) is 4.93. The van der Waals surface area contributed by atoms with E-state index >= 15 is 0 Å². The maximum absolute atomic E-state index is 12.8. The van der Waals surface area contributed by atoms with Gasteiger partial charge in [-0.2, -0.15) is 0 Å². The second kappa shape index (κ2) is 9.42. The molecule has 27 heavy (non-hydrogen) atoms. The van der Waals surface area contributed by atoms with Gasteiger partial charge in [0.05, 0.1) is 18.3 Å². The van der Waals surface area contributed by atoms with Crippen molar-refractivity contribution >= 4 is 29.9 Å². The number of amides is 2. The van der Waals surface area contributed by atoms with Crippen LogP contribution < -0.4 is 15.8 Å². The molecular formula is C20H30ClN3O3. The van der Waals surface area contributed by atoms with Gasteiger partial charge in [-0.1, -0.05) is 31.4 Å². The summed E-state index contributed by atoms with van der Waals surface area (Å²) < 4.78 is 5.28. The molecule has 1 aromatic carbocycles. The van der Waals surface area contributed by atoms with Crippen LogP contribution in [0.3, 0.4) is 0 Å². The van der Waals surface area contributed by atoms with Crippen LogP contribution in [0.4, 0.5) is 5.69 Å². The molecule has 0 radical (unpaired) electrons. The van der Waals surface area contributed by atoms with Gasteiger partial charge in [-0.25, -0.2) is 0 Å². The molecule has 1 aliphatic carbocycles. The molecule has 1 saturated heterocycles. The zero-order valence-electron chi connectivity index (χ0n) is 15.9. The van der Waals surface area contributed by atoms with E-state index < -0.39 is 5.54 Å². The molecule has 2 aliphatic rings. The number of ether oxygens (including phenoxy) is 1. The Hall–Kier alpha value is -1.79. The number of halogens is 1. The van der Waals surface area contributed by atoms with Crippen LogP contribution in [0.25, 0.3) is 0 Å². The van der Waals surface area contributed by atoms with Gasteiger partial charge in [-0.15, -0.1) is 12.4 Å². The highest BCUT2D eigenvalue weighted by molar-refractivity contribution is 5.94. The summed E-state index contributed by atoms with van der Waals surface area (Å²) in [6, 6.07) is 7.38. The number of rotatable bonds is 4. The number of benzene rings is 1. The van der Waals surface area contributed by atoms with Gasteiger partial charge in [-0.05, 0) is 37.8 Å². The van der Waals surface area contributed by atoms with Crippen molar-refractivity contribution in [1.82, 2.24) is 4.90 Å². The first-order chi connectivity index (χ1) is 12.5. The SMILES string of the molecule is COc1ccccc1NC(=O)C1CCN(C(=O)C2(N)CCCCC2)CC1.Cl. The first-order valence-electron chi connectivity index (χ1n) is 9.55. The second-order valence-electron chi connectivity index (χ2n) is 7.47. The lowest BCUT2D eigenvalue weighted by Crippen LogP contribution is -2.58. The maximum Gasteiger partial charge on any atom is 0.242 e. The van der Waals surface area contributed by atoms with E-state index in [4.69, 9.17) is 10.5 Å². The molecule has 1 aromatic rings. The number of likely N-dealkylation sites (tertiary alicyclic amines) is 1. The fourth-order valence-corrected chi connectivity index (χ4v) is 4.04. The van der Waals surface area contributed by atoms with Crippen LogP contribution in [0, 0.1) is 5.92 Å². The Balaban J connectivity index is 0.00000261. The summed E-state index contributed by atoms with van der Waals surface area (Å²) >= 11 is 0. The summed E-state index contributed by atoms with van der Waals surface area (Å²) in [5, 5.41) is 2.95. The fourth-order valence-electron chi connectivity index (χ4n) is 4.04. The molecule has 2 amide bonds. The van der Waals surface area contributed by atoms with Gasteiger partial charge in [0.15, 0.2) is 0 Å². The van der Waals surface area contributed by atoms with Crippen molar-refractivity contribution in [1.29, 1.82) is 0 Å². The van der Waals surface area contributed by atoms with Gasteiger partial charge < -0.3 is 20.7 Å². The predicted octanol–water partition coefficient (Wildman–Crippen LogP) is 2.96. The Morgan fingerprint density at radius 2 is 1.78 bits per heavy atom. The highest BCUT2D eigenvalue weighted by Crippen LogP contribution is 2.30. The number of piperidine rings is 1. The van der Waals surface area contributed by atoms with Crippen molar-refractivity contribution < 1.29 is 14.3 Å². The normalized spacial score (nSPS) is 19.7. The standard InChI is InChI=1S/C20H29N3O3.ClH/c1-26-17-8-4-3-7-16(17)22-18(24)15-9-13-23(14-10-15)19(25)20(21)11-5-2-6-12-20;/h3-4,7-8,15H,2,5-6,9-14,21H2,1H3,(H,22,24);1H. The van der Waals surface area contributed by atoms with E-state index in [9.17, 15) is 9.59 Å². The third-order valence-corrected chi connectivity index (χ3v) is 5.69. The molecule has 3 rings (SSSR count). The summed E-state index contributed by atoms with van der Waals surface area (Å²) in [5.41, 5.74) is 6.37. The van der Waals surface area contributed by atoms with Gasteiger partial charge in [0.25, 0.3) is 0 Å². The molecule has 0 atom stereocenters. The Kier molecular flexibility index (Phi) is 7.50. The molecule has 7 heteroatoms. The first-order valence-corrected chi connectivity index (χ1v) is 9.55. The molecule has 3 N–H and O–H groups in total. The van der Waals surface area contributed by atoms with Crippen molar-refractivity contribution in [2.45, 2.75) is 50.5 Å². The van der Waals surface area contributed by atoms with Crippen LogP contribution in [0.2, 0.25) is 0 Å². The van der Waals surface area contributed by atoms with Gasteiger partial charge in [0.2, 0.25) is 11.8 Å². The molecule has 6 nitrogen and oxygen atoms in total. The van der Waals surface area contributed by atoms with Crippen molar-refractivity contribution in [3.05, 3.63) is 24.3 Å². The molecule has 0 bridgehead atoms. The number of carbonyl (C=O) groups excluding carboxylic acids is 2. The molecule has 1 heterocycles. The number of para-hydroxylation sites is 2. The van der Waals surface area contributed by atoms with Gasteiger partial charge in [0, 0.05) is 19.0 Å². The molecular weight excluding hydrogens is 366 g/mol. The molecule has 0 aromatic heterocycles. The highest BCUT2D eigenvalue weighted by Gasteiger charge is 2.40. The van der Waals surface area contributed by atoms with Crippen LogP contribution in [0.15, 0.2) is 24.3 Å². The molecule has 150 valence electrons. The van der Waals surface area contributed by atoms with E-state index in [1.54, 1.807) is 7.11 Å².